The summed E-state index contributed by atoms with van der Waals surface area (Å²) >= 11 is 0. The van der Waals surface area contributed by atoms with Crippen LogP contribution in [-0.4, -0.2) is 32.7 Å². The van der Waals surface area contributed by atoms with Gasteiger partial charge >= 0.3 is 5.97 Å². The summed E-state index contributed by atoms with van der Waals surface area (Å²) in [5.41, 5.74) is -0.728. The van der Waals surface area contributed by atoms with Crippen LogP contribution in [0.2, 0.25) is 0 Å². The van der Waals surface area contributed by atoms with Gasteiger partial charge in [0.05, 0.1) is 6.61 Å². The number of carbonyl (C=O) groups excluding carboxylic acids is 1. The predicted molar refractivity (Wildman–Crippen MR) is 59.4 cm³/mol. The zero-order valence-corrected chi connectivity index (χ0v) is 9.84. The number of hydrogen-bond donors (Lipinski definition) is 1. The first-order valence-corrected chi connectivity index (χ1v) is 5.77. The van der Waals surface area contributed by atoms with Crippen molar-refractivity contribution in [2.75, 3.05) is 6.61 Å². The third-order valence-electron chi connectivity index (χ3n) is 2.96. The lowest BCUT2D eigenvalue weighted by Gasteiger charge is -2.07. The zero-order valence-electron chi connectivity index (χ0n) is 9.84. The van der Waals surface area contributed by atoms with E-state index in [0.717, 1.165) is 0 Å². The standard InChI is InChI=1S/C11H12N4O3/c1-2-17-10(16)11(3-4-11)9-14-8(15-18-9)7-12-5-6-13-7/h5-6H,2-4H2,1H3,(H,12,13). The molecule has 1 fully saturated rings. The Morgan fingerprint density at radius 1 is 1.61 bits per heavy atom. The Morgan fingerprint density at radius 3 is 3.06 bits per heavy atom. The number of hydrogen-bond acceptors (Lipinski definition) is 6. The van der Waals surface area contributed by atoms with E-state index in [2.05, 4.69) is 20.1 Å². The van der Waals surface area contributed by atoms with E-state index in [4.69, 9.17) is 9.26 Å². The molecule has 94 valence electrons. The number of nitrogens with zero attached hydrogens (tertiary/aromatic N) is 3. The van der Waals surface area contributed by atoms with E-state index in [1.165, 1.54) is 0 Å². The molecule has 1 aliphatic rings. The second-order valence-corrected chi connectivity index (χ2v) is 4.16. The molecule has 0 radical (unpaired) electrons. The summed E-state index contributed by atoms with van der Waals surface area (Å²) in [5.74, 6) is 0.891. The van der Waals surface area contributed by atoms with Gasteiger partial charge in [0, 0.05) is 12.4 Å². The third kappa shape index (κ3) is 1.59. The molecule has 1 saturated carbocycles. The van der Waals surface area contributed by atoms with Gasteiger partial charge in [0.15, 0.2) is 5.82 Å². The van der Waals surface area contributed by atoms with Gasteiger partial charge in [-0.25, -0.2) is 4.98 Å². The van der Waals surface area contributed by atoms with E-state index in [-0.39, 0.29) is 5.97 Å². The minimum atomic E-state index is -0.728. The number of carbonyl (C=O) groups is 1. The lowest BCUT2D eigenvalue weighted by molar-refractivity contribution is -0.146. The summed E-state index contributed by atoms with van der Waals surface area (Å²) in [6, 6.07) is 0. The van der Waals surface area contributed by atoms with Crippen LogP contribution in [-0.2, 0) is 14.9 Å². The van der Waals surface area contributed by atoms with Gasteiger partial charge in [-0.1, -0.05) is 5.16 Å². The Kier molecular flexibility index (Phi) is 2.39. The molecule has 1 N–H and O–H groups in total. The molecule has 0 spiro atoms. The highest BCUT2D eigenvalue weighted by atomic mass is 16.5. The fourth-order valence-electron chi connectivity index (χ4n) is 1.80. The quantitative estimate of drug-likeness (QED) is 0.813. The molecule has 1 aliphatic carbocycles. The number of nitrogens with one attached hydrogen (secondary N) is 1. The molecule has 0 amide bonds. The fourth-order valence-corrected chi connectivity index (χ4v) is 1.80. The van der Waals surface area contributed by atoms with Crippen LogP contribution in [0.4, 0.5) is 0 Å². The van der Waals surface area contributed by atoms with E-state index in [9.17, 15) is 4.79 Å². The van der Waals surface area contributed by atoms with Gasteiger partial charge in [0.2, 0.25) is 11.7 Å². The minimum absolute atomic E-state index is 0.292. The van der Waals surface area contributed by atoms with E-state index in [1.807, 2.05) is 0 Å². The van der Waals surface area contributed by atoms with Gasteiger partial charge in [-0.05, 0) is 19.8 Å². The van der Waals surface area contributed by atoms with Gasteiger partial charge in [0.1, 0.15) is 5.41 Å². The normalized spacial score (nSPS) is 16.5. The van der Waals surface area contributed by atoms with Crippen molar-refractivity contribution in [3.63, 3.8) is 0 Å². The van der Waals surface area contributed by atoms with Crippen LogP contribution in [0.3, 0.4) is 0 Å². The molecule has 0 aliphatic heterocycles. The van der Waals surface area contributed by atoms with Crippen molar-refractivity contribution >= 4 is 5.97 Å². The molecule has 7 nitrogen and oxygen atoms in total. The second kappa shape index (κ2) is 3.94. The Balaban J connectivity index is 1.88. The number of rotatable bonds is 4. The van der Waals surface area contributed by atoms with Crippen LogP contribution in [0, 0.1) is 0 Å². The van der Waals surface area contributed by atoms with E-state index < -0.39 is 5.41 Å². The molecule has 0 saturated heterocycles. The summed E-state index contributed by atoms with van der Waals surface area (Å²) in [5, 5.41) is 3.82. The largest absolute Gasteiger partial charge is 0.465 e. The van der Waals surface area contributed by atoms with Crippen LogP contribution in [0.1, 0.15) is 25.7 Å². The SMILES string of the molecule is CCOC(=O)C1(c2nc(-c3ncc[nH]3)no2)CC1. The molecule has 0 atom stereocenters. The van der Waals surface area contributed by atoms with Crippen LogP contribution in [0.25, 0.3) is 11.6 Å². The zero-order chi connectivity index (χ0) is 12.6. The van der Waals surface area contributed by atoms with Gasteiger partial charge in [-0.2, -0.15) is 4.98 Å². The van der Waals surface area contributed by atoms with Crippen molar-refractivity contribution in [1.82, 2.24) is 20.1 Å². The number of esters is 1. The maximum absolute atomic E-state index is 11.9. The topological polar surface area (TPSA) is 93.9 Å². The van der Waals surface area contributed by atoms with Gasteiger partial charge < -0.3 is 14.2 Å². The highest BCUT2D eigenvalue weighted by Gasteiger charge is 2.57. The third-order valence-corrected chi connectivity index (χ3v) is 2.96. The Labute approximate surface area is 103 Å². The highest BCUT2D eigenvalue weighted by molar-refractivity contribution is 5.85. The summed E-state index contributed by atoms with van der Waals surface area (Å²) < 4.78 is 10.2. The minimum Gasteiger partial charge on any atom is -0.465 e. The molecular weight excluding hydrogens is 236 g/mol. The maximum Gasteiger partial charge on any atom is 0.321 e. The Hall–Kier alpha value is -2.18. The summed E-state index contributed by atoms with van der Waals surface area (Å²) in [6.07, 6.45) is 4.64. The number of imidazole rings is 1. The van der Waals surface area contributed by atoms with Crippen molar-refractivity contribution in [3.8, 4) is 11.6 Å². The number of aromatic amines is 1. The van der Waals surface area contributed by atoms with E-state index >= 15 is 0 Å². The van der Waals surface area contributed by atoms with Crippen LogP contribution in [0.15, 0.2) is 16.9 Å². The molecule has 2 aromatic heterocycles. The molecule has 0 unspecified atom stereocenters. The molecule has 18 heavy (non-hydrogen) atoms. The van der Waals surface area contributed by atoms with Crippen LogP contribution < -0.4 is 0 Å². The summed E-state index contributed by atoms with van der Waals surface area (Å²) in [6.45, 7) is 2.12. The molecule has 7 heteroatoms. The van der Waals surface area contributed by atoms with E-state index in [0.29, 0.717) is 37.0 Å². The first-order valence-electron chi connectivity index (χ1n) is 5.77. The van der Waals surface area contributed by atoms with Crippen molar-refractivity contribution in [3.05, 3.63) is 18.3 Å². The van der Waals surface area contributed by atoms with Gasteiger partial charge in [0.25, 0.3) is 0 Å². The highest BCUT2D eigenvalue weighted by Crippen LogP contribution is 2.48. The monoisotopic (exact) mass is 248 g/mol. The predicted octanol–water partition coefficient (Wildman–Crippen LogP) is 1.05. The molecular formula is C11H12N4O3. The summed E-state index contributed by atoms with van der Waals surface area (Å²) in [4.78, 5) is 23.0. The average molecular weight is 248 g/mol. The lowest BCUT2D eigenvalue weighted by atomic mass is 10.1. The first kappa shape index (κ1) is 10.9. The number of H-pyrrole nitrogens is 1. The average Bonchev–Trinajstić information content (AvgIpc) is 2.83. The van der Waals surface area contributed by atoms with Crippen molar-refractivity contribution in [1.29, 1.82) is 0 Å². The van der Waals surface area contributed by atoms with Crippen molar-refractivity contribution in [2.45, 2.75) is 25.2 Å². The van der Waals surface area contributed by atoms with Crippen LogP contribution in [0.5, 0.6) is 0 Å². The maximum atomic E-state index is 11.9. The van der Waals surface area contributed by atoms with Crippen molar-refractivity contribution in [2.24, 2.45) is 0 Å². The van der Waals surface area contributed by atoms with E-state index in [1.54, 1.807) is 19.3 Å². The first-order chi connectivity index (χ1) is 8.76. The van der Waals surface area contributed by atoms with Gasteiger partial charge in [-0.3, -0.25) is 4.79 Å². The van der Waals surface area contributed by atoms with Gasteiger partial charge in [-0.15, -0.1) is 0 Å². The van der Waals surface area contributed by atoms with Crippen molar-refractivity contribution < 1.29 is 14.1 Å². The molecule has 2 heterocycles. The molecule has 0 aromatic carbocycles. The number of ether oxygens (including phenoxy) is 1. The van der Waals surface area contributed by atoms with Crippen LogP contribution >= 0.6 is 0 Å². The second-order valence-electron chi connectivity index (χ2n) is 4.16. The molecule has 3 rings (SSSR count). The molecule has 2 aromatic rings. The smallest absolute Gasteiger partial charge is 0.321 e. The lowest BCUT2D eigenvalue weighted by Crippen LogP contribution is -2.23. The fraction of sp³-hybridized carbons (Fsp3) is 0.455. The Morgan fingerprint density at radius 2 is 2.44 bits per heavy atom. The Bertz CT molecular complexity index is 557. The summed E-state index contributed by atoms with van der Waals surface area (Å²) in [7, 11) is 0. The number of aromatic nitrogens is 4. The molecule has 0 bridgehead atoms.